The monoisotopic (exact) mass is 260 g/mol. The van der Waals surface area contributed by atoms with Gasteiger partial charge in [0.1, 0.15) is 0 Å². The summed E-state index contributed by atoms with van der Waals surface area (Å²) in [6.07, 6.45) is -2.02. The number of amidine groups is 1. The van der Waals surface area contributed by atoms with Gasteiger partial charge in [0, 0.05) is 6.21 Å². The Balaban J connectivity index is 2.50. The van der Waals surface area contributed by atoms with Crippen LogP contribution in [-0.2, 0) is 4.79 Å². The van der Waals surface area contributed by atoms with E-state index in [0.29, 0.717) is 0 Å². The van der Waals surface area contributed by atoms with Crippen molar-refractivity contribution >= 4 is 18.0 Å². The molecule has 0 fully saturated rings. The van der Waals surface area contributed by atoms with Crippen LogP contribution in [0.1, 0.15) is 13.8 Å². The van der Waals surface area contributed by atoms with E-state index in [1.165, 1.54) is 26.1 Å². The Bertz CT molecular complexity index is 490. The first-order chi connectivity index (χ1) is 8.15. The fourth-order valence-corrected chi connectivity index (χ4v) is 2.03. The molecule has 2 heterocycles. The van der Waals surface area contributed by atoms with E-state index in [-0.39, 0.29) is 11.4 Å². The fourth-order valence-electron chi connectivity index (χ4n) is 2.03. The largest absolute Gasteiger partial charge is 0.413 e. The third-order valence-electron chi connectivity index (χ3n) is 2.91. The lowest BCUT2D eigenvalue weighted by Gasteiger charge is -2.34. The zero-order chi connectivity index (χ0) is 13.7. The lowest BCUT2D eigenvalue weighted by molar-refractivity contribution is -0.164. The van der Waals surface area contributed by atoms with E-state index in [1.54, 1.807) is 0 Å². The fraction of sp³-hybridized carbons (Fsp3) is 0.500. The van der Waals surface area contributed by atoms with E-state index in [9.17, 15) is 18.0 Å². The molecule has 1 amide bonds. The second kappa shape index (κ2) is 3.56. The first-order valence-corrected chi connectivity index (χ1v) is 5.15. The molecular weight excluding hydrogens is 249 g/mol. The third kappa shape index (κ3) is 1.68. The van der Waals surface area contributed by atoms with Crippen molar-refractivity contribution in [1.82, 2.24) is 5.01 Å². The molecule has 98 valence electrons. The Morgan fingerprint density at radius 2 is 2.11 bits per heavy atom. The van der Waals surface area contributed by atoms with Gasteiger partial charge >= 0.3 is 6.18 Å². The van der Waals surface area contributed by atoms with Gasteiger partial charge in [0.15, 0.2) is 11.9 Å². The number of hydrogen-bond acceptors (Lipinski definition) is 4. The van der Waals surface area contributed by atoms with Crippen molar-refractivity contribution in [3.05, 3.63) is 11.6 Å². The number of allylic oxidation sites excluding steroid dienone is 1. The van der Waals surface area contributed by atoms with E-state index < -0.39 is 23.7 Å². The quantitative estimate of drug-likeness (QED) is 0.758. The van der Waals surface area contributed by atoms with Crippen molar-refractivity contribution < 1.29 is 18.0 Å². The molecule has 18 heavy (non-hydrogen) atoms. The maximum atomic E-state index is 12.9. The lowest BCUT2D eigenvalue weighted by atomic mass is 9.95. The molecule has 0 aromatic carbocycles. The van der Waals surface area contributed by atoms with E-state index in [4.69, 9.17) is 5.73 Å². The average molecular weight is 260 g/mol. The van der Waals surface area contributed by atoms with Gasteiger partial charge in [-0.05, 0) is 19.9 Å². The highest BCUT2D eigenvalue weighted by atomic mass is 19.4. The minimum Gasteiger partial charge on any atom is -0.365 e. The summed E-state index contributed by atoms with van der Waals surface area (Å²) in [6, 6.07) is -1.95. The van der Waals surface area contributed by atoms with Crippen LogP contribution in [0.2, 0.25) is 0 Å². The van der Waals surface area contributed by atoms with E-state index >= 15 is 0 Å². The number of carbonyl (C=O) groups excluding carboxylic acids is 1. The van der Waals surface area contributed by atoms with Crippen molar-refractivity contribution in [1.29, 1.82) is 0 Å². The van der Waals surface area contributed by atoms with Crippen LogP contribution in [0, 0.1) is 0 Å². The van der Waals surface area contributed by atoms with Gasteiger partial charge in [0.2, 0.25) is 0 Å². The second-order valence-corrected chi connectivity index (χ2v) is 4.57. The topological polar surface area (TPSA) is 71.0 Å². The molecule has 5 nitrogen and oxygen atoms in total. The molecule has 1 unspecified atom stereocenters. The minimum absolute atomic E-state index is 0.0650. The number of halogens is 3. The van der Waals surface area contributed by atoms with Crippen LogP contribution >= 0.6 is 0 Å². The Morgan fingerprint density at radius 1 is 1.50 bits per heavy atom. The Labute approximate surface area is 101 Å². The predicted molar refractivity (Wildman–Crippen MR) is 59.0 cm³/mol. The summed E-state index contributed by atoms with van der Waals surface area (Å²) >= 11 is 0. The first-order valence-electron chi connectivity index (χ1n) is 5.15. The van der Waals surface area contributed by atoms with Gasteiger partial charge < -0.3 is 5.73 Å². The van der Waals surface area contributed by atoms with Crippen molar-refractivity contribution in [2.24, 2.45) is 15.8 Å². The maximum Gasteiger partial charge on any atom is 0.413 e. The van der Waals surface area contributed by atoms with Crippen molar-refractivity contribution in [3.63, 3.8) is 0 Å². The Kier molecular flexibility index (Phi) is 2.49. The number of rotatable bonds is 1. The number of fused-ring (bicyclic) bond motifs is 1. The highest BCUT2D eigenvalue weighted by Gasteiger charge is 2.57. The third-order valence-corrected chi connectivity index (χ3v) is 2.91. The minimum atomic E-state index is -4.51. The van der Waals surface area contributed by atoms with E-state index in [1.807, 2.05) is 0 Å². The number of primary amides is 1. The van der Waals surface area contributed by atoms with Gasteiger partial charge in [-0.2, -0.15) is 18.3 Å². The molecule has 1 atom stereocenters. The van der Waals surface area contributed by atoms with Gasteiger partial charge in [0.25, 0.3) is 5.91 Å². The number of carbonyl (C=O) groups is 1. The second-order valence-electron chi connectivity index (χ2n) is 4.57. The summed E-state index contributed by atoms with van der Waals surface area (Å²) in [5, 5.41) is 4.92. The highest BCUT2D eigenvalue weighted by Crippen LogP contribution is 2.40. The normalized spacial score (nSPS) is 25.6. The summed E-state index contributed by atoms with van der Waals surface area (Å²) in [6.45, 7) is 2.73. The molecule has 0 aliphatic carbocycles. The van der Waals surface area contributed by atoms with Crippen LogP contribution in [0.25, 0.3) is 0 Å². The van der Waals surface area contributed by atoms with Crippen molar-refractivity contribution in [2.75, 3.05) is 0 Å². The SMILES string of the molecule is CC1(C)C(C(F)(F)F)N=C2C(C(N)=O)=CC=NN21. The summed E-state index contributed by atoms with van der Waals surface area (Å²) in [5.74, 6) is -0.958. The van der Waals surface area contributed by atoms with Crippen LogP contribution in [-0.4, -0.2) is 40.7 Å². The highest BCUT2D eigenvalue weighted by molar-refractivity contribution is 6.23. The van der Waals surface area contributed by atoms with E-state index in [2.05, 4.69) is 10.1 Å². The molecule has 8 heteroatoms. The van der Waals surface area contributed by atoms with Crippen molar-refractivity contribution in [3.8, 4) is 0 Å². The molecule has 0 radical (unpaired) electrons. The molecule has 0 bridgehead atoms. The number of nitrogens with zero attached hydrogens (tertiary/aromatic N) is 3. The summed E-state index contributed by atoms with van der Waals surface area (Å²) < 4.78 is 38.7. The average Bonchev–Trinajstić information content (AvgIpc) is 2.50. The zero-order valence-electron chi connectivity index (χ0n) is 9.69. The molecule has 2 aliphatic rings. The molecule has 0 saturated carbocycles. The molecular formula is C10H11F3N4O. The molecule has 0 spiro atoms. The summed E-state index contributed by atoms with van der Waals surface area (Å²) in [5.41, 5.74) is 3.65. The maximum absolute atomic E-state index is 12.9. The van der Waals surface area contributed by atoms with Gasteiger partial charge in [0.05, 0.1) is 11.1 Å². The van der Waals surface area contributed by atoms with Gasteiger partial charge in [-0.3, -0.25) is 9.79 Å². The standard InChI is InChI=1S/C10H11F3N4O/c1-9(2)8(10(11,12)13)16-7-5(6(14)18)3-4-15-17(7)9/h3-4,8H,1-2H3,(H2,14,18). The molecule has 0 aromatic rings. The number of nitrogens with two attached hydrogens (primary N) is 1. The number of hydrazone groups is 1. The molecule has 2 rings (SSSR count). The molecule has 0 saturated heterocycles. The predicted octanol–water partition coefficient (Wildman–Crippen LogP) is 0.821. The van der Waals surface area contributed by atoms with Gasteiger partial charge in [-0.25, -0.2) is 5.01 Å². The van der Waals surface area contributed by atoms with Crippen LogP contribution < -0.4 is 5.73 Å². The number of alkyl halides is 3. The Morgan fingerprint density at radius 3 is 2.61 bits per heavy atom. The number of hydrogen-bond donors (Lipinski definition) is 1. The van der Waals surface area contributed by atoms with E-state index in [0.717, 1.165) is 5.01 Å². The number of amides is 1. The first kappa shape index (κ1) is 12.6. The smallest absolute Gasteiger partial charge is 0.365 e. The molecule has 0 aromatic heterocycles. The van der Waals surface area contributed by atoms with Crippen LogP contribution in [0.5, 0.6) is 0 Å². The molecule has 2 N–H and O–H groups in total. The van der Waals surface area contributed by atoms with Crippen LogP contribution in [0.15, 0.2) is 21.7 Å². The summed E-state index contributed by atoms with van der Waals surface area (Å²) in [7, 11) is 0. The van der Waals surface area contributed by atoms with Gasteiger partial charge in [-0.15, -0.1) is 0 Å². The summed E-state index contributed by atoms with van der Waals surface area (Å²) in [4.78, 5) is 14.7. The van der Waals surface area contributed by atoms with Crippen LogP contribution in [0.3, 0.4) is 0 Å². The Hall–Kier alpha value is -1.86. The van der Waals surface area contributed by atoms with Crippen LogP contribution in [0.4, 0.5) is 13.2 Å². The lowest BCUT2D eigenvalue weighted by Crippen LogP contribution is -2.52. The van der Waals surface area contributed by atoms with Gasteiger partial charge in [-0.1, -0.05) is 0 Å². The number of aliphatic imine (C=N–C) groups is 1. The van der Waals surface area contributed by atoms with Crippen molar-refractivity contribution in [2.45, 2.75) is 31.6 Å². The zero-order valence-corrected chi connectivity index (χ0v) is 9.69. The molecule has 2 aliphatic heterocycles.